The van der Waals surface area contributed by atoms with Crippen LogP contribution in [0, 0.1) is 0 Å². The van der Waals surface area contributed by atoms with Crippen molar-refractivity contribution in [3.05, 3.63) is 0 Å². The van der Waals surface area contributed by atoms with Crippen LogP contribution in [0.1, 0.15) is 19.8 Å². The van der Waals surface area contributed by atoms with Crippen LogP contribution < -0.4 is 5.32 Å². The molecule has 2 nitrogen and oxygen atoms in total. The topological polar surface area (TPSA) is 21.3 Å². The van der Waals surface area contributed by atoms with Crippen molar-refractivity contribution in [2.24, 2.45) is 0 Å². The maximum absolute atomic E-state index is 5.45. The normalized spacial score (nSPS) is 30.5. The average Bonchev–Trinajstić information content (AvgIpc) is 2.15. The number of ether oxygens (including phenoxy) is 1. The second-order valence-electron chi connectivity index (χ2n) is 3.17. The first-order chi connectivity index (χ1) is 5.88. The Labute approximate surface area is 79.4 Å². The third kappa shape index (κ3) is 2.96. The van der Waals surface area contributed by atoms with E-state index in [0.717, 1.165) is 19.6 Å². The molecule has 1 saturated heterocycles. The van der Waals surface area contributed by atoms with Gasteiger partial charge in [0.25, 0.3) is 0 Å². The molecule has 3 heteroatoms. The van der Waals surface area contributed by atoms with E-state index in [2.05, 4.69) is 19.3 Å². The first-order valence-electron chi connectivity index (χ1n) is 4.75. The Morgan fingerprint density at radius 3 is 3.08 bits per heavy atom. The molecule has 1 aliphatic heterocycles. The van der Waals surface area contributed by atoms with Crippen molar-refractivity contribution >= 4 is 11.8 Å². The minimum atomic E-state index is 0.662. The second kappa shape index (κ2) is 5.84. The van der Waals surface area contributed by atoms with Gasteiger partial charge in [0, 0.05) is 17.9 Å². The lowest BCUT2D eigenvalue weighted by molar-refractivity contribution is 0.0851. The van der Waals surface area contributed by atoms with Gasteiger partial charge in [-0.25, -0.2) is 0 Å². The molecular weight excluding hydrogens is 170 g/mol. The number of hydrogen-bond acceptors (Lipinski definition) is 3. The third-order valence-corrected chi connectivity index (χ3v) is 3.75. The second-order valence-corrected chi connectivity index (χ2v) is 4.52. The van der Waals surface area contributed by atoms with Gasteiger partial charge in [0.15, 0.2) is 0 Å². The average molecular weight is 189 g/mol. The molecule has 0 spiro atoms. The van der Waals surface area contributed by atoms with Gasteiger partial charge in [-0.15, -0.1) is 0 Å². The fourth-order valence-corrected chi connectivity index (χ4v) is 2.71. The molecule has 0 aromatic carbocycles. The maximum atomic E-state index is 5.45. The largest absolute Gasteiger partial charge is 0.380 e. The summed E-state index contributed by atoms with van der Waals surface area (Å²) in [7, 11) is 2.05. The zero-order chi connectivity index (χ0) is 8.81. The Hall–Kier alpha value is 0.270. The molecule has 0 radical (unpaired) electrons. The highest BCUT2D eigenvalue weighted by atomic mass is 32.2. The van der Waals surface area contributed by atoms with E-state index in [1.54, 1.807) is 0 Å². The fraction of sp³-hybridized carbons (Fsp3) is 1.00. The minimum absolute atomic E-state index is 0.662. The van der Waals surface area contributed by atoms with Gasteiger partial charge in [-0.2, -0.15) is 11.8 Å². The molecule has 1 aliphatic rings. The third-order valence-electron chi connectivity index (χ3n) is 2.21. The van der Waals surface area contributed by atoms with Crippen LogP contribution >= 0.6 is 11.8 Å². The van der Waals surface area contributed by atoms with Crippen LogP contribution in [0.25, 0.3) is 0 Å². The van der Waals surface area contributed by atoms with E-state index in [0.29, 0.717) is 11.3 Å². The first-order valence-corrected chi connectivity index (χ1v) is 5.80. The smallest absolute Gasteiger partial charge is 0.0600 e. The maximum Gasteiger partial charge on any atom is 0.0600 e. The van der Waals surface area contributed by atoms with E-state index < -0.39 is 0 Å². The van der Waals surface area contributed by atoms with Gasteiger partial charge < -0.3 is 10.1 Å². The van der Waals surface area contributed by atoms with Crippen LogP contribution in [-0.2, 0) is 4.74 Å². The molecule has 0 amide bonds. The summed E-state index contributed by atoms with van der Waals surface area (Å²) in [6.45, 7) is 4.08. The molecule has 0 bridgehead atoms. The Balaban J connectivity index is 2.26. The Kier molecular flexibility index (Phi) is 5.04. The van der Waals surface area contributed by atoms with Gasteiger partial charge in [-0.3, -0.25) is 0 Å². The summed E-state index contributed by atoms with van der Waals surface area (Å²) in [4.78, 5) is 0. The van der Waals surface area contributed by atoms with Crippen LogP contribution in [0.4, 0.5) is 0 Å². The summed E-state index contributed by atoms with van der Waals surface area (Å²) < 4.78 is 5.45. The summed E-state index contributed by atoms with van der Waals surface area (Å²) >= 11 is 2.04. The molecule has 0 aliphatic carbocycles. The van der Waals surface area contributed by atoms with Crippen LogP contribution in [-0.4, -0.2) is 37.3 Å². The van der Waals surface area contributed by atoms with E-state index in [-0.39, 0.29) is 0 Å². The summed E-state index contributed by atoms with van der Waals surface area (Å²) in [5.41, 5.74) is 0. The van der Waals surface area contributed by atoms with Crippen LogP contribution in [0.3, 0.4) is 0 Å². The SMILES string of the molecule is CCCSC1COCCC1NC. The van der Waals surface area contributed by atoms with E-state index in [4.69, 9.17) is 4.74 Å². The number of nitrogens with one attached hydrogen (secondary N) is 1. The fourth-order valence-electron chi connectivity index (χ4n) is 1.48. The zero-order valence-electron chi connectivity index (χ0n) is 8.01. The number of rotatable bonds is 4. The lowest BCUT2D eigenvalue weighted by Gasteiger charge is -2.30. The van der Waals surface area contributed by atoms with Gasteiger partial charge in [0.1, 0.15) is 0 Å². The first kappa shape index (κ1) is 10.4. The van der Waals surface area contributed by atoms with Crippen LogP contribution in [0.15, 0.2) is 0 Å². The van der Waals surface area contributed by atoms with Crippen LogP contribution in [0.2, 0.25) is 0 Å². The van der Waals surface area contributed by atoms with Gasteiger partial charge in [0.05, 0.1) is 6.61 Å². The molecule has 0 aromatic rings. The zero-order valence-corrected chi connectivity index (χ0v) is 8.82. The van der Waals surface area contributed by atoms with Crippen molar-refractivity contribution in [2.75, 3.05) is 26.0 Å². The molecule has 1 heterocycles. The standard InChI is InChI=1S/C9H19NOS/c1-3-6-12-9-7-11-5-4-8(9)10-2/h8-10H,3-7H2,1-2H3. The predicted molar refractivity (Wildman–Crippen MR) is 54.8 cm³/mol. The molecular formula is C9H19NOS. The molecule has 2 unspecified atom stereocenters. The minimum Gasteiger partial charge on any atom is -0.380 e. The molecule has 0 saturated carbocycles. The van der Waals surface area contributed by atoms with Gasteiger partial charge >= 0.3 is 0 Å². The molecule has 72 valence electrons. The monoisotopic (exact) mass is 189 g/mol. The molecule has 1 rings (SSSR count). The highest BCUT2D eigenvalue weighted by molar-refractivity contribution is 7.99. The highest BCUT2D eigenvalue weighted by Gasteiger charge is 2.23. The molecule has 1 fully saturated rings. The van der Waals surface area contributed by atoms with Crippen molar-refractivity contribution in [3.8, 4) is 0 Å². The number of thioether (sulfide) groups is 1. The summed E-state index contributed by atoms with van der Waals surface area (Å²) in [5.74, 6) is 1.26. The molecule has 0 aromatic heterocycles. The quantitative estimate of drug-likeness (QED) is 0.724. The molecule has 12 heavy (non-hydrogen) atoms. The lowest BCUT2D eigenvalue weighted by Crippen LogP contribution is -2.43. The van der Waals surface area contributed by atoms with E-state index >= 15 is 0 Å². The van der Waals surface area contributed by atoms with Gasteiger partial charge in [0.2, 0.25) is 0 Å². The summed E-state index contributed by atoms with van der Waals surface area (Å²) in [6.07, 6.45) is 2.43. The van der Waals surface area contributed by atoms with Gasteiger partial charge in [-0.1, -0.05) is 6.92 Å². The summed E-state index contributed by atoms with van der Waals surface area (Å²) in [5, 5.41) is 4.03. The summed E-state index contributed by atoms with van der Waals surface area (Å²) in [6, 6.07) is 0.662. The number of hydrogen-bond donors (Lipinski definition) is 1. The molecule has 1 N–H and O–H groups in total. The predicted octanol–water partition coefficient (Wildman–Crippen LogP) is 1.51. The van der Waals surface area contributed by atoms with Crippen molar-refractivity contribution in [1.29, 1.82) is 0 Å². The molecule has 2 atom stereocenters. The van der Waals surface area contributed by atoms with Crippen LogP contribution in [0.5, 0.6) is 0 Å². The van der Waals surface area contributed by atoms with Crippen molar-refractivity contribution in [3.63, 3.8) is 0 Å². The Morgan fingerprint density at radius 1 is 1.58 bits per heavy atom. The highest BCUT2D eigenvalue weighted by Crippen LogP contribution is 2.21. The Morgan fingerprint density at radius 2 is 2.42 bits per heavy atom. The van der Waals surface area contributed by atoms with E-state index in [1.807, 2.05) is 11.8 Å². The van der Waals surface area contributed by atoms with E-state index in [9.17, 15) is 0 Å². The van der Waals surface area contributed by atoms with Gasteiger partial charge in [-0.05, 0) is 25.6 Å². The van der Waals surface area contributed by atoms with Crippen molar-refractivity contribution in [1.82, 2.24) is 5.32 Å². The lowest BCUT2D eigenvalue weighted by atomic mass is 10.1. The van der Waals surface area contributed by atoms with E-state index in [1.165, 1.54) is 12.2 Å². The van der Waals surface area contributed by atoms with Crippen molar-refractivity contribution < 1.29 is 4.74 Å². The Bertz CT molecular complexity index is 121. The van der Waals surface area contributed by atoms with Crippen molar-refractivity contribution in [2.45, 2.75) is 31.1 Å².